The Balaban J connectivity index is 2.09. The van der Waals surface area contributed by atoms with E-state index in [4.69, 9.17) is 9.15 Å². The Morgan fingerprint density at radius 2 is 2.09 bits per heavy atom. The van der Waals surface area contributed by atoms with Crippen LogP contribution in [0, 0.1) is 12.7 Å². The molecule has 1 aromatic carbocycles. The van der Waals surface area contributed by atoms with Gasteiger partial charge >= 0.3 is 0 Å². The van der Waals surface area contributed by atoms with Crippen LogP contribution in [0.4, 0.5) is 4.39 Å². The normalized spacial score (nSPS) is 14.0. The van der Waals surface area contributed by atoms with Crippen molar-refractivity contribution in [1.29, 1.82) is 0 Å². The molecule has 0 radical (unpaired) electrons. The molecule has 1 atom stereocenters. The van der Waals surface area contributed by atoms with Crippen LogP contribution in [0.1, 0.15) is 24.7 Å². The van der Waals surface area contributed by atoms with Gasteiger partial charge in [0, 0.05) is 24.8 Å². The summed E-state index contributed by atoms with van der Waals surface area (Å²) in [5.74, 6) is 1.16. The van der Waals surface area contributed by atoms with E-state index >= 15 is 0 Å². The van der Waals surface area contributed by atoms with Gasteiger partial charge in [-0.25, -0.2) is 4.39 Å². The van der Waals surface area contributed by atoms with Crippen molar-refractivity contribution in [2.75, 3.05) is 20.3 Å². The Labute approximate surface area is 136 Å². The standard InChI is InChI=1S/C18H24FNO3/c1-13-15(5-4-6-16(13)19)17-8-7-14(23-17)11-20-18(2,9-10-21)12-22-3/h4-8,20-21H,9-12H2,1-3H3. The molecule has 126 valence electrons. The van der Waals surface area contributed by atoms with Gasteiger partial charge in [0.15, 0.2) is 0 Å². The number of ether oxygens (including phenoxy) is 1. The molecule has 5 heteroatoms. The fraction of sp³-hybridized carbons (Fsp3) is 0.444. The Bertz CT molecular complexity index is 633. The van der Waals surface area contributed by atoms with Crippen LogP contribution in [0.15, 0.2) is 34.7 Å². The summed E-state index contributed by atoms with van der Waals surface area (Å²) in [6, 6.07) is 8.68. The summed E-state index contributed by atoms with van der Waals surface area (Å²) >= 11 is 0. The molecular formula is C18H24FNO3. The third-order valence-electron chi connectivity index (χ3n) is 4.01. The Hall–Kier alpha value is -1.69. The number of rotatable bonds is 8. The SMILES string of the molecule is COCC(C)(CCO)NCc1ccc(-c2cccc(F)c2C)o1. The van der Waals surface area contributed by atoms with Crippen molar-refractivity contribution in [2.24, 2.45) is 0 Å². The molecule has 0 aliphatic rings. The average Bonchev–Trinajstić information content (AvgIpc) is 2.97. The van der Waals surface area contributed by atoms with E-state index in [1.165, 1.54) is 6.07 Å². The third kappa shape index (κ3) is 4.41. The van der Waals surface area contributed by atoms with Crippen LogP contribution < -0.4 is 5.32 Å². The molecule has 0 aliphatic heterocycles. The summed E-state index contributed by atoms with van der Waals surface area (Å²) < 4.78 is 24.7. The van der Waals surface area contributed by atoms with E-state index in [1.54, 1.807) is 20.1 Å². The van der Waals surface area contributed by atoms with Gasteiger partial charge in [-0.1, -0.05) is 12.1 Å². The lowest BCUT2D eigenvalue weighted by Crippen LogP contribution is -2.46. The summed E-state index contributed by atoms with van der Waals surface area (Å²) in [7, 11) is 1.63. The second-order valence-electron chi connectivity index (χ2n) is 6.00. The molecule has 2 N–H and O–H groups in total. The van der Waals surface area contributed by atoms with E-state index in [1.807, 2.05) is 25.1 Å². The van der Waals surface area contributed by atoms with Gasteiger partial charge in [0.25, 0.3) is 0 Å². The minimum Gasteiger partial charge on any atom is -0.460 e. The first-order valence-corrected chi connectivity index (χ1v) is 7.68. The predicted molar refractivity (Wildman–Crippen MR) is 87.7 cm³/mol. The molecule has 0 fully saturated rings. The molecule has 0 spiro atoms. The van der Waals surface area contributed by atoms with Crippen LogP contribution in [-0.4, -0.2) is 31.0 Å². The molecule has 4 nitrogen and oxygen atoms in total. The van der Waals surface area contributed by atoms with Crippen molar-refractivity contribution >= 4 is 0 Å². The van der Waals surface area contributed by atoms with E-state index in [0.717, 1.165) is 11.3 Å². The number of aliphatic hydroxyl groups excluding tert-OH is 1. The molecule has 0 bridgehead atoms. The summed E-state index contributed by atoms with van der Waals surface area (Å²) in [6.07, 6.45) is 0.581. The Morgan fingerprint density at radius 1 is 1.30 bits per heavy atom. The second kappa shape index (κ2) is 7.73. The maximum Gasteiger partial charge on any atom is 0.134 e. The second-order valence-corrected chi connectivity index (χ2v) is 6.00. The monoisotopic (exact) mass is 321 g/mol. The van der Waals surface area contributed by atoms with E-state index in [-0.39, 0.29) is 18.0 Å². The van der Waals surface area contributed by atoms with Gasteiger partial charge in [-0.3, -0.25) is 0 Å². The zero-order chi connectivity index (χ0) is 16.9. The summed E-state index contributed by atoms with van der Waals surface area (Å²) in [6.45, 7) is 4.81. The molecule has 1 heterocycles. The van der Waals surface area contributed by atoms with Crippen LogP contribution in [0.5, 0.6) is 0 Å². The minimum absolute atomic E-state index is 0.0821. The van der Waals surface area contributed by atoms with E-state index in [2.05, 4.69) is 5.32 Å². The molecule has 0 saturated heterocycles. The third-order valence-corrected chi connectivity index (χ3v) is 4.01. The highest BCUT2D eigenvalue weighted by Crippen LogP contribution is 2.27. The van der Waals surface area contributed by atoms with Crippen LogP contribution in [0.2, 0.25) is 0 Å². The van der Waals surface area contributed by atoms with Gasteiger partial charge in [0.2, 0.25) is 0 Å². The predicted octanol–water partition coefficient (Wildman–Crippen LogP) is 3.27. The van der Waals surface area contributed by atoms with Crippen LogP contribution in [0.3, 0.4) is 0 Å². The summed E-state index contributed by atoms with van der Waals surface area (Å²) in [5, 5.41) is 12.5. The zero-order valence-electron chi connectivity index (χ0n) is 13.9. The fourth-order valence-corrected chi connectivity index (χ4v) is 2.57. The van der Waals surface area contributed by atoms with Crippen LogP contribution in [0.25, 0.3) is 11.3 Å². The molecule has 0 saturated carbocycles. The molecule has 0 aliphatic carbocycles. The van der Waals surface area contributed by atoms with Crippen molar-refractivity contribution in [3.05, 3.63) is 47.5 Å². The number of aliphatic hydroxyl groups is 1. The van der Waals surface area contributed by atoms with E-state index < -0.39 is 0 Å². The van der Waals surface area contributed by atoms with Gasteiger partial charge in [-0.05, 0) is 44.0 Å². The van der Waals surface area contributed by atoms with Crippen molar-refractivity contribution < 1.29 is 18.7 Å². The van der Waals surface area contributed by atoms with Crippen LogP contribution >= 0.6 is 0 Å². The minimum atomic E-state index is -0.328. The van der Waals surface area contributed by atoms with Gasteiger partial charge in [-0.15, -0.1) is 0 Å². The first-order valence-electron chi connectivity index (χ1n) is 7.68. The summed E-state index contributed by atoms with van der Waals surface area (Å²) in [5.41, 5.74) is 1.00. The quantitative estimate of drug-likeness (QED) is 0.783. The number of furan rings is 1. The number of nitrogens with one attached hydrogen (secondary N) is 1. The van der Waals surface area contributed by atoms with Gasteiger partial charge < -0.3 is 19.6 Å². The highest BCUT2D eigenvalue weighted by Gasteiger charge is 2.23. The number of halogens is 1. The fourth-order valence-electron chi connectivity index (χ4n) is 2.57. The van der Waals surface area contributed by atoms with Crippen molar-refractivity contribution in [3.8, 4) is 11.3 Å². The Morgan fingerprint density at radius 3 is 2.78 bits per heavy atom. The molecule has 1 aromatic heterocycles. The smallest absolute Gasteiger partial charge is 0.134 e. The van der Waals surface area contributed by atoms with Gasteiger partial charge in [0.1, 0.15) is 17.3 Å². The highest BCUT2D eigenvalue weighted by molar-refractivity contribution is 5.62. The average molecular weight is 321 g/mol. The lowest BCUT2D eigenvalue weighted by molar-refractivity contribution is 0.0957. The first-order chi connectivity index (χ1) is 11.0. The zero-order valence-corrected chi connectivity index (χ0v) is 13.9. The maximum atomic E-state index is 13.7. The molecule has 1 unspecified atom stereocenters. The lowest BCUT2D eigenvalue weighted by Gasteiger charge is -2.29. The highest BCUT2D eigenvalue weighted by atomic mass is 19.1. The molecular weight excluding hydrogens is 297 g/mol. The molecule has 2 rings (SSSR count). The number of benzene rings is 1. The largest absolute Gasteiger partial charge is 0.460 e. The number of hydrogen-bond donors (Lipinski definition) is 2. The van der Waals surface area contributed by atoms with Gasteiger partial charge in [0.05, 0.1) is 13.2 Å². The lowest BCUT2D eigenvalue weighted by atomic mass is 9.99. The number of methoxy groups -OCH3 is 1. The van der Waals surface area contributed by atoms with Crippen LogP contribution in [-0.2, 0) is 11.3 Å². The first kappa shape index (κ1) is 17.7. The number of hydrogen-bond acceptors (Lipinski definition) is 4. The molecule has 2 aromatic rings. The van der Waals surface area contributed by atoms with Crippen molar-refractivity contribution in [2.45, 2.75) is 32.4 Å². The van der Waals surface area contributed by atoms with Crippen molar-refractivity contribution in [3.63, 3.8) is 0 Å². The summed E-state index contributed by atoms with van der Waals surface area (Å²) in [4.78, 5) is 0. The Kier molecular flexibility index (Phi) is 5.93. The van der Waals surface area contributed by atoms with Gasteiger partial charge in [-0.2, -0.15) is 0 Å². The molecule has 23 heavy (non-hydrogen) atoms. The maximum absolute atomic E-state index is 13.7. The van der Waals surface area contributed by atoms with Crippen molar-refractivity contribution in [1.82, 2.24) is 5.32 Å². The topological polar surface area (TPSA) is 54.6 Å². The molecule has 0 amide bonds. The van der Waals surface area contributed by atoms with E-state index in [0.29, 0.717) is 30.9 Å². The van der Waals surface area contributed by atoms with E-state index in [9.17, 15) is 9.50 Å².